The van der Waals surface area contributed by atoms with Crippen LogP contribution in [0.2, 0.25) is 0 Å². The average molecular weight is 849 g/mol. The predicted octanol–water partition coefficient (Wildman–Crippen LogP) is 11.7. The van der Waals surface area contributed by atoms with Crippen LogP contribution < -0.4 is 20.7 Å². The Morgan fingerprint density at radius 2 is 0.846 bits per heavy atom. The molecule has 12 rings (SSSR count). The van der Waals surface area contributed by atoms with Crippen molar-refractivity contribution in [3.8, 4) is 51.0 Å². The molecule has 0 spiro atoms. The van der Waals surface area contributed by atoms with Gasteiger partial charge in [-0.05, 0) is 73.3 Å². The summed E-state index contributed by atoms with van der Waals surface area (Å²) in [6, 6.07) is 83.5. The molecular formula is C60H44N4Si. The molecule has 0 saturated carbocycles. The number of rotatable bonds is 8. The minimum atomic E-state index is -2.81. The quantitative estimate of drug-likeness (QED) is 0.113. The standard InChI is InChI=1S/C60H44N4Si/c1-60(2)53-35-17-15-33-49(53)51-40-56-52(39-54(51)60)50-34-16-18-36-55(50)64(56)44-25-19-23-42(37-44)58-61-57(41-21-7-3-8-22-41)62-59(63-58)43-24-20-32-48(38-43)65(45-26-9-4-10-27-45,46-28-11-5-12-29-46)47-30-13-6-14-31-47/h3-40H,1-2H3. The van der Waals surface area contributed by atoms with E-state index in [2.05, 4.69) is 231 Å². The van der Waals surface area contributed by atoms with Gasteiger partial charge in [-0.25, -0.2) is 15.0 Å². The Bertz CT molecular complexity index is 3470. The zero-order valence-electron chi connectivity index (χ0n) is 36.2. The van der Waals surface area contributed by atoms with Gasteiger partial charge in [-0.1, -0.05) is 214 Å². The van der Waals surface area contributed by atoms with Crippen molar-refractivity contribution in [2.45, 2.75) is 19.3 Å². The molecule has 11 aromatic rings. The Morgan fingerprint density at radius 3 is 1.49 bits per heavy atom. The first-order chi connectivity index (χ1) is 32.0. The van der Waals surface area contributed by atoms with E-state index in [1.165, 1.54) is 59.3 Å². The second kappa shape index (κ2) is 15.4. The van der Waals surface area contributed by atoms with Gasteiger partial charge in [-0.3, -0.25) is 0 Å². The maximum Gasteiger partial charge on any atom is 0.179 e. The number of hydrogen-bond donors (Lipinski definition) is 0. The van der Waals surface area contributed by atoms with Crippen LogP contribution in [0.15, 0.2) is 231 Å². The fraction of sp³-hybridized carbons (Fsp3) is 0.0500. The fourth-order valence-electron chi connectivity index (χ4n) is 10.5. The van der Waals surface area contributed by atoms with Crippen molar-refractivity contribution in [2.24, 2.45) is 0 Å². The molecule has 0 unspecified atom stereocenters. The van der Waals surface area contributed by atoms with Gasteiger partial charge in [-0.2, -0.15) is 0 Å². The SMILES string of the molecule is CC1(C)c2ccccc2-c2cc3c(cc21)c1ccccc1n3-c1cccc(-c2nc(-c3ccccc3)nc(-c3cccc([Si](c4ccccc4)(c4ccccc4)c4ccccc4)c3)n2)c1. The summed E-state index contributed by atoms with van der Waals surface area (Å²) in [6.07, 6.45) is 0. The van der Waals surface area contributed by atoms with Crippen LogP contribution in [0.1, 0.15) is 25.0 Å². The average Bonchev–Trinajstić information content (AvgIpc) is 3.82. The third-order valence-electron chi connectivity index (χ3n) is 13.6. The lowest BCUT2D eigenvalue weighted by molar-refractivity contribution is 0.661. The van der Waals surface area contributed by atoms with Gasteiger partial charge < -0.3 is 4.57 Å². The lowest BCUT2D eigenvalue weighted by Gasteiger charge is -2.34. The molecule has 9 aromatic carbocycles. The Kier molecular flexibility index (Phi) is 9.14. The molecule has 0 radical (unpaired) electrons. The molecule has 0 N–H and O–H groups in total. The first-order valence-electron chi connectivity index (χ1n) is 22.4. The van der Waals surface area contributed by atoms with E-state index in [0.717, 1.165) is 27.9 Å². The van der Waals surface area contributed by atoms with Crippen molar-refractivity contribution in [3.63, 3.8) is 0 Å². The van der Waals surface area contributed by atoms with Crippen molar-refractivity contribution in [1.82, 2.24) is 19.5 Å². The highest BCUT2D eigenvalue weighted by Gasteiger charge is 2.41. The van der Waals surface area contributed by atoms with Gasteiger partial charge in [0.15, 0.2) is 25.5 Å². The van der Waals surface area contributed by atoms with Gasteiger partial charge in [0.1, 0.15) is 0 Å². The van der Waals surface area contributed by atoms with Crippen LogP contribution >= 0.6 is 0 Å². The van der Waals surface area contributed by atoms with Gasteiger partial charge in [0.25, 0.3) is 0 Å². The maximum atomic E-state index is 5.36. The van der Waals surface area contributed by atoms with Crippen LogP contribution in [0.3, 0.4) is 0 Å². The van der Waals surface area contributed by atoms with Crippen molar-refractivity contribution < 1.29 is 0 Å². The van der Waals surface area contributed by atoms with E-state index in [-0.39, 0.29) is 5.41 Å². The highest BCUT2D eigenvalue weighted by atomic mass is 28.3. The van der Waals surface area contributed by atoms with E-state index in [0.29, 0.717) is 17.5 Å². The molecule has 1 aliphatic rings. The Labute approximate surface area is 380 Å². The van der Waals surface area contributed by atoms with Gasteiger partial charge in [0, 0.05) is 38.6 Å². The third kappa shape index (κ3) is 6.22. The Balaban J connectivity index is 1.05. The molecule has 0 atom stereocenters. The first kappa shape index (κ1) is 38.7. The first-order valence-corrected chi connectivity index (χ1v) is 24.4. The summed E-state index contributed by atoms with van der Waals surface area (Å²) in [5, 5.41) is 7.69. The largest absolute Gasteiger partial charge is 0.309 e. The number of benzene rings is 9. The Hall–Kier alpha value is -7.99. The molecule has 0 saturated heterocycles. The van der Waals surface area contributed by atoms with Crippen molar-refractivity contribution in [2.75, 3.05) is 0 Å². The lowest BCUT2D eigenvalue weighted by Crippen LogP contribution is -2.74. The summed E-state index contributed by atoms with van der Waals surface area (Å²) in [6.45, 7) is 4.70. The van der Waals surface area contributed by atoms with Crippen LogP contribution in [-0.2, 0) is 5.41 Å². The third-order valence-corrected chi connectivity index (χ3v) is 18.4. The van der Waals surface area contributed by atoms with Crippen LogP contribution in [-0.4, -0.2) is 27.6 Å². The van der Waals surface area contributed by atoms with E-state index in [9.17, 15) is 0 Å². The smallest absolute Gasteiger partial charge is 0.179 e. The zero-order chi connectivity index (χ0) is 43.5. The number of para-hydroxylation sites is 1. The monoisotopic (exact) mass is 848 g/mol. The minimum absolute atomic E-state index is 0.0933. The molecule has 2 aromatic heterocycles. The highest BCUT2D eigenvalue weighted by molar-refractivity contribution is 7.19. The van der Waals surface area contributed by atoms with Gasteiger partial charge in [0.2, 0.25) is 0 Å². The van der Waals surface area contributed by atoms with E-state index in [1.54, 1.807) is 0 Å². The molecule has 2 heterocycles. The second-order valence-corrected chi connectivity index (χ2v) is 21.4. The van der Waals surface area contributed by atoms with Crippen molar-refractivity contribution in [1.29, 1.82) is 0 Å². The molecular weight excluding hydrogens is 805 g/mol. The maximum absolute atomic E-state index is 5.36. The number of aromatic nitrogens is 4. The zero-order valence-corrected chi connectivity index (χ0v) is 37.2. The van der Waals surface area contributed by atoms with Crippen LogP contribution in [0.4, 0.5) is 0 Å². The summed E-state index contributed by atoms with van der Waals surface area (Å²) in [5.74, 6) is 1.89. The van der Waals surface area contributed by atoms with Crippen LogP contribution in [0, 0.1) is 0 Å². The molecule has 308 valence electrons. The van der Waals surface area contributed by atoms with Crippen molar-refractivity contribution in [3.05, 3.63) is 242 Å². The molecule has 5 heteroatoms. The van der Waals surface area contributed by atoms with Crippen LogP contribution in [0.25, 0.3) is 72.8 Å². The molecule has 0 amide bonds. The fourth-order valence-corrected chi connectivity index (χ4v) is 15.3. The number of fused-ring (bicyclic) bond motifs is 6. The molecule has 65 heavy (non-hydrogen) atoms. The van der Waals surface area contributed by atoms with E-state index >= 15 is 0 Å². The molecule has 0 fully saturated rings. The normalized spacial score (nSPS) is 12.9. The number of nitrogens with zero attached hydrogens (tertiary/aromatic N) is 4. The number of hydrogen-bond acceptors (Lipinski definition) is 3. The Morgan fingerprint density at radius 1 is 0.354 bits per heavy atom. The summed E-state index contributed by atoms with van der Waals surface area (Å²) in [7, 11) is -2.81. The minimum Gasteiger partial charge on any atom is -0.309 e. The van der Waals surface area contributed by atoms with Crippen LogP contribution in [0.5, 0.6) is 0 Å². The summed E-state index contributed by atoms with van der Waals surface area (Å²) < 4.78 is 2.41. The van der Waals surface area contributed by atoms with E-state index < -0.39 is 8.07 Å². The van der Waals surface area contributed by atoms with Gasteiger partial charge >= 0.3 is 0 Å². The van der Waals surface area contributed by atoms with Crippen molar-refractivity contribution >= 4 is 50.6 Å². The predicted molar refractivity (Wildman–Crippen MR) is 272 cm³/mol. The lowest BCUT2D eigenvalue weighted by atomic mass is 9.82. The topological polar surface area (TPSA) is 43.6 Å². The van der Waals surface area contributed by atoms with E-state index in [4.69, 9.17) is 15.0 Å². The van der Waals surface area contributed by atoms with Gasteiger partial charge in [0.05, 0.1) is 11.0 Å². The van der Waals surface area contributed by atoms with E-state index in [1.807, 2.05) is 18.2 Å². The molecule has 1 aliphatic carbocycles. The summed E-state index contributed by atoms with van der Waals surface area (Å²) in [5.41, 5.74) is 11.4. The highest BCUT2D eigenvalue weighted by Crippen LogP contribution is 2.51. The summed E-state index contributed by atoms with van der Waals surface area (Å²) in [4.78, 5) is 15.8. The summed E-state index contributed by atoms with van der Waals surface area (Å²) >= 11 is 0. The molecule has 0 aliphatic heterocycles. The second-order valence-electron chi connectivity index (χ2n) is 17.6. The van der Waals surface area contributed by atoms with Gasteiger partial charge in [-0.15, -0.1) is 0 Å². The molecule has 4 nitrogen and oxygen atoms in total. The molecule has 0 bridgehead atoms.